The molecule has 1 nitrogen and oxygen atoms in total. The Morgan fingerprint density at radius 2 is 2.13 bits per heavy atom. The Morgan fingerprint density at radius 1 is 1.33 bits per heavy atom. The van der Waals surface area contributed by atoms with Crippen LogP contribution in [0.4, 0.5) is 4.39 Å². The highest BCUT2D eigenvalue weighted by Crippen LogP contribution is 2.22. The zero-order valence-corrected chi connectivity index (χ0v) is 10.2. The van der Waals surface area contributed by atoms with E-state index < -0.39 is 0 Å². The van der Waals surface area contributed by atoms with Crippen molar-refractivity contribution in [3.63, 3.8) is 0 Å². The van der Waals surface area contributed by atoms with Crippen LogP contribution < -0.4 is 5.32 Å². The summed E-state index contributed by atoms with van der Waals surface area (Å²) in [4.78, 5) is 1.04. The van der Waals surface area contributed by atoms with Crippen molar-refractivity contribution in [3.8, 4) is 0 Å². The molecule has 0 saturated heterocycles. The van der Waals surface area contributed by atoms with Crippen molar-refractivity contribution in [2.75, 3.05) is 12.8 Å². The maximum absolute atomic E-state index is 13.2. The smallest absolute Gasteiger partial charge is 0.124 e. The lowest BCUT2D eigenvalue weighted by Crippen LogP contribution is -2.05. The third kappa shape index (κ3) is 4.67. The van der Waals surface area contributed by atoms with E-state index >= 15 is 0 Å². The summed E-state index contributed by atoms with van der Waals surface area (Å²) in [5.74, 6) is 0.931. The Hall–Kier alpha value is -0.540. The van der Waals surface area contributed by atoms with Crippen molar-refractivity contribution in [1.29, 1.82) is 0 Å². The molecule has 0 heterocycles. The van der Waals surface area contributed by atoms with Crippen LogP contribution in [0.3, 0.4) is 0 Å². The van der Waals surface area contributed by atoms with Crippen LogP contribution in [0.2, 0.25) is 0 Å². The molecule has 15 heavy (non-hydrogen) atoms. The minimum Gasteiger partial charge on any atom is -0.316 e. The Labute approximate surface area is 95.5 Å². The van der Waals surface area contributed by atoms with Gasteiger partial charge in [0.15, 0.2) is 0 Å². The summed E-state index contributed by atoms with van der Waals surface area (Å²) in [6.07, 6.45) is 2.37. The summed E-state index contributed by atoms with van der Waals surface area (Å²) in [6.45, 7) is 2.89. The molecule has 0 bridgehead atoms. The molecule has 0 aromatic heterocycles. The first-order valence-corrected chi connectivity index (χ1v) is 6.31. The fourth-order valence-corrected chi connectivity index (χ4v) is 2.44. The van der Waals surface area contributed by atoms with Crippen molar-refractivity contribution in [1.82, 2.24) is 5.32 Å². The number of hydrogen-bond donors (Lipinski definition) is 1. The second-order valence-electron chi connectivity index (χ2n) is 3.53. The van der Waals surface area contributed by atoms with Crippen LogP contribution in [-0.4, -0.2) is 12.8 Å². The molecule has 0 amide bonds. The van der Waals surface area contributed by atoms with E-state index in [1.807, 2.05) is 7.05 Å². The number of unbranched alkanes of at least 4 members (excludes halogenated alkanes) is 1. The predicted octanol–water partition coefficient (Wildman–Crippen LogP) is 3.44. The van der Waals surface area contributed by atoms with Crippen LogP contribution in [0, 0.1) is 5.82 Å². The minimum atomic E-state index is -0.137. The Bertz CT molecular complexity index is 302. The van der Waals surface area contributed by atoms with Crippen LogP contribution in [0.5, 0.6) is 0 Å². The number of halogens is 1. The molecule has 1 rings (SSSR count). The van der Waals surface area contributed by atoms with Crippen LogP contribution in [0.1, 0.15) is 25.3 Å². The molecule has 0 fully saturated rings. The van der Waals surface area contributed by atoms with Crippen LogP contribution in [0.25, 0.3) is 0 Å². The van der Waals surface area contributed by atoms with Crippen molar-refractivity contribution in [2.24, 2.45) is 0 Å². The van der Waals surface area contributed by atoms with Crippen molar-refractivity contribution >= 4 is 11.8 Å². The molecule has 1 aromatic carbocycles. The fraction of sp³-hybridized carbons (Fsp3) is 0.500. The van der Waals surface area contributed by atoms with Gasteiger partial charge in [0.25, 0.3) is 0 Å². The minimum absolute atomic E-state index is 0.137. The zero-order valence-electron chi connectivity index (χ0n) is 9.35. The summed E-state index contributed by atoms with van der Waals surface area (Å²) in [5.41, 5.74) is 1.01. The first-order valence-electron chi connectivity index (χ1n) is 5.33. The number of rotatable bonds is 6. The standard InChI is InChI=1S/C12H18FNS/c1-3-4-5-15-12-7-10(9-14-2)6-11(13)8-12/h6-8,14H,3-5,9H2,1-2H3. The third-order valence-electron chi connectivity index (χ3n) is 2.08. The second-order valence-corrected chi connectivity index (χ2v) is 4.70. The van der Waals surface area contributed by atoms with Gasteiger partial charge in [0.2, 0.25) is 0 Å². The highest BCUT2D eigenvalue weighted by atomic mass is 32.2. The second kappa shape index (κ2) is 6.85. The van der Waals surface area contributed by atoms with E-state index in [1.165, 1.54) is 12.8 Å². The largest absolute Gasteiger partial charge is 0.316 e. The Morgan fingerprint density at radius 3 is 2.80 bits per heavy atom. The van der Waals surface area contributed by atoms with Crippen LogP contribution in [0.15, 0.2) is 23.1 Å². The van der Waals surface area contributed by atoms with E-state index in [2.05, 4.69) is 18.3 Å². The molecule has 0 spiro atoms. The van der Waals surface area contributed by atoms with Crippen LogP contribution in [-0.2, 0) is 6.54 Å². The molecule has 0 aliphatic heterocycles. The summed E-state index contributed by atoms with van der Waals surface area (Å²) in [5, 5.41) is 3.03. The summed E-state index contributed by atoms with van der Waals surface area (Å²) in [7, 11) is 1.87. The van der Waals surface area contributed by atoms with Gasteiger partial charge in [-0.2, -0.15) is 0 Å². The van der Waals surface area contributed by atoms with Gasteiger partial charge >= 0.3 is 0 Å². The molecule has 3 heteroatoms. The average Bonchev–Trinajstić information content (AvgIpc) is 2.18. The van der Waals surface area contributed by atoms with Gasteiger partial charge in [0.05, 0.1) is 0 Å². The maximum Gasteiger partial charge on any atom is 0.124 e. The van der Waals surface area contributed by atoms with Gasteiger partial charge in [-0.05, 0) is 43.0 Å². The molecule has 0 radical (unpaired) electrons. The van der Waals surface area contributed by atoms with Gasteiger partial charge in [0.1, 0.15) is 5.82 Å². The molecule has 0 saturated carbocycles. The van der Waals surface area contributed by atoms with Gasteiger partial charge in [-0.1, -0.05) is 13.3 Å². The quantitative estimate of drug-likeness (QED) is 0.590. The van der Waals surface area contributed by atoms with Gasteiger partial charge in [0, 0.05) is 11.4 Å². The van der Waals surface area contributed by atoms with Gasteiger partial charge in [-0.3, -0.25) is 0 Å². The van der Waals surface area contributed by atoms with E-state index in [1.54, 1.807) is 23.9 Å². The van der Waals surface area contributed by atoms with E-state index in [0.29, 0.717) is 0 Å². The lowest BCUT2D eigenvalue weighted by molar-refractivity contribution is 0.619. The molecule has 1 aromatic rings. The van der Waals surface area contributed by atoms with Crippen molar-refractivity contribution < 1.29 is 4.39 Å². The summed E-state index contributed by atoms with van der Waals surface area (Å²) < 4.78 is 13.2. The normalized spacial score (nSPS) is 10.6. The maximum atomic E-state index is 13.2. The lowest BCUT2D eigenvalue weighted by atomic mass is 10.2. The molecular formula is C12H18FNS. The predicted molar refractivity (Wildman–Crippen MR) is 64.8 cm³/mol. The topological polar surface area (TPSA) is 12.0 Å². The van der Waals surface area contributed by atoms with Gasteiger partial charge in [-0.25, -0.2) is 4.39 Å². The molecule has 1 N–H and O–H groups in total. The monoisotopic (exact) mass is 227 g/mol. The number of thioether (sulfide) groups is 1. The van der Waals surface area contributed by atoms with E-state index in [4.69, 9.17) is 0 Å². The first-order chi connectivity index (χ1) is 7.26. The summed E-state index contributed by atoms with van der Waals surface area (Å²) in [6, 6.07) is 5.25. The SMILES string of the molecule is CCCCSc1cc(F)cc(CNC)c1. The Balaban J connectivity index is 2.62. The molecule has 0 aliphatic rings. The number of hydrogen-bond acceptors (Lipinski definition) is 2. The average molecular weight is 227 g/mol. The van der Waals surface area contributed by atoms with Gasteiger partial charge < -0.3 is 5.32 Å². The fourth-order valence-electron chi connectivity index (χ4n) is 1.34. The molecule has 0 atom stereocenters. The zero-order chi connectivity index (χ0) is 11.1. The third-order valence-corrected chi connectivity index (χ3v) is 3.14. The summed E-state index contributed by atoms with van der Waals surface area (Å²) >= 11 is 1.73. The van der Waals surface area contributed by atoms with Crippen molar-refractivity contribution in [2.45, 2.75) is 31.2 Å². The van der Waals surface area contributed by atoms with Crippen molar-refractivity contribution in [3.05, 3.63) is 29.6 Å². The van der Waals surface area contributed by atoms with Crippen LogP contribution >= 0.6 is 11.8 Å². The molecule has 0 aliphatic carbocycles. The highest BCUT2D eigenvalue weighted by molar-refractivity contribution is 7.99. The lowest BCUT2D eigenvalue weighted by Gasteiger charge is -2.05. The molecular weight excluding hydrogens is 209 g/mol. The van der Waals surface area contributed by atoms with E-state index in [0.717, 1.165) is 22.8 Å². The highest BCUT2D eigenvalue weighted by Gasteiger charge is 2.00. The van der Waals surface area contributed by atoms with E-state index in [-0.39, 0.29) is 5.82 Å². The molecule has 0 unspecified atom stereocenters. The Kier molecular flexibility index (Phi) is 5.73. The first kappa shape index (κ1) is 12.5. The van der Waals surface area contributed by atoms with Gasteiger partial charge in [-0.15, -0.1) is 11.8 Å². The molecule has 84 valence electrons. The number of benzene rings is 1. The van der Waals surface area contributed by atoms with E-state index in [9.17, 15) is 4.39 Å². The number of nitrogens with one attached hydrogen (secondary N) is 1.